The van der Waals surface area contributed by atoms with Gasteiger partial charge in [0.05, 0.1) is 12.3 Å². The lowest BCUT2D eigenvalue weighted by Gasteiger charge is -2.26. The minimum absolute atomic E-state index is 0.265. The fourth-order valence-corrected chi connectivity index (χ4v) is 2.84. The molecule has 5 heteroatoms. The van der Waals surface area contributed by atoms with E-state index >= 15 is 0 Å². The van der Waals surface area contributed by atoms with Crippen molar-refractivity contribution in [3.63, 3.8) is 0 Å². The van der Waals surface area contributed by atoms with Crippen LogP contribution < -0.4 is 4.90 Å². The Morgan fingerprint density at radius 2 is 1.92 bits per heavy atom. The molecule has 0 saturated carbocycles. The summed E-state index contributed by atoms with van der Waals surface area (Å²) in [5, 5.41) is 0.887. The van der Waals surface area contributed by atoms with Crippen LogP contribution in [-0.2, 0) is 0 Å². The van der Waals surface area contributed by atoms with Gasteiger partial charge in [-0.25, -0.2) is 4.98 Å². The van der Waals surface area contributed by atoms with Crippen LogP contribution in [-0.4, -0.2) is 10.9 Å². The van der Waals surface area contributed by atoms with Gasteiger partial charge in [0.15, 0.2) is 5.76 Å². The van der Waals surface area contributed by atoms with Crippen molar-refractivity contribution in [2.24, 2.45) is 0 Å². The van der Waals surface area contributed by atoms with Crippen molar-refractivity contribution in [1.29, 1.82) is 0 Å². The number of carbonyl (C=O) groups is 1. The Kier molecular flexibility index (Phi) is 3.82. The summed E-state index contributed by atoms with van der Waals surface area (Å²) in [6.45, 7) is 1.90. The van der Waals surface area contributed by atoms with Crippen LogP contribution in [0.1, 0.15) is 29.3 Å². The molecule has 124 valence electrons. The number of fused-ring (bicyclic) bond motifs is 1. The maximum absolute atomic E-state index is 13.2. The predicted molar refractivity (Wildman–Crippen MR) is 94.4 cm³/mol. The van der Waals surface area contributed by atoms with E-state index in [9.17, 15) is 4.79 Å². The van der Waals surface area contributed by atoms with Crippen molar-refractivity contribution < 1.29 is 13.6 Å². The lowest BCUT2D eigenvalue weighted by Crippen LogP contribution is -2.33. The van der Waals surface area contributed by atoms with Crippen molar-refractivity contribution in [2.45, 2.75) is 13.0 Å². The third-order valence-electron chi connectivity index (χ3n) is 4.09. The van der Waals surface area contributed by atoms with Crippen molar-refractivity contribution in [3.05, 3.63) is 84.6 Å². The van der Waals surface area contributed by atoms with Gasteiger partial charge in [0, 0.05) is 11.6 Å². The minimum atomic E-state index is -0.328. The zero-order valence-electron chi connectivity index (χ0n) is 13.6. The van der Waals surface area contributed by atoms with Gasteiger partial charge in [0.1, 0.15) is 17.2 Å². The number of hydrogen-bond acceptors (Lipinski definition) is 4. The number of pyridine rings is 1. The van der Waals surface area contributed by atoms with Crippen LogP contribution in [0.5, 0.6) is 0 Å². The molecule has 0 fully saturated rings. The smallest absolute Gasteiger partial charge is 0.295 e. The van der Waals surface area contributed by atoms with Crippen molar-refractivity contribution in [2.75, 3.05) is 4.90 Å². The summed E-state index contributed by atoms with van der Waals surface area (Å²) in [6.07, 6.45) is 3.25. The summed E-state index contributed by atoms with van der Waals surface area (Å²) < 4.78 is 11.2. The van der Waals surface area contributed by atoms with Crippen LogP contribution in [0.15, 0.2) is 82.0 Å². The zero-order valence-corrected chi connectivity index (χ0v) is 13.6. The molecule has 4 rings (SSSR count). The molecule has 0 bridgehead atoms. The number of aromatic nitrogens is 1. The molecule has 0 unspecified atom stereocenters. The van der Waals surface area contributed by atoms with Crippen LogP contribution in [0.3, 0.4) is 0 Å². The molecule has 1 atom stereocenters. The topological polar surface area (TPSA) is 59.5 Å². The number of benzene rings is 1. The SMILES string of the molecule is C[C@@H](c1ccco1)N(C(=O)c1cc2ccccc2o1)c1ccccn1. The largest absolute Gasteiger partial charge is 0.467 e. The van der Waals surface area contributed by atoms with Crippen LogP contribution in [0.25, 0.3) is 11.0 Å². The van der Waals surface area contributed by atoms with Crippen molar-refractivity contribution in [1.82, 2.24) is 4.98 Å². The third-order valence-corrected chi connectivity index (χ3v) is 4.09. The number of rotatable bonds is 4. The van der Waals surface area contributed by atoms with E-state index in [-0.39, 0.29) is 17.7 Å². The summed E-state index contributed by atoms with van der Waals surface area (Å²) in [5.74, 6) is 1.22. The van der Waals surface area contributed by atoms with Crippen molar-refractivity contribution in [3.8, 4) is 0 Å². The molecule has 3 aromatic heterocycles. The first-order valence-electron chi connectivity index (χ1n) is 8.00. The average Bonchev–Trinajstić information content (AvgIpc) is 3.32. The second-order valence-electron chi connectivity index (χ2n) is 5.70. The van der Waals surface area contributed by atoms with E-state index in [1.165, 1.54) is 0 Å². The molecule has 3 heterocycles. The molecule has 0 aliphatic heterocycles. The highest BCUT2D eigenvalue weighted by Gasteiger charge is 2.29. The first-order valence-corrected chi connectivity index (χ1v) is 8.00. The summed E-state index contributed by atoms with van der Waals surface area (Å²) in [4.78, 5) is 19.1. The molecule has 25 heavy (non-hydrogen) atoms. The molecular formula is C20H16N2O3. The molecule has 1 aromatic carbocycles. The van der Waals surface area contributed by atoms with E-state index in [0.717, 1.165) is 5.39 Å². The Morgan fingerprint density at radius 3 is 2.64 bits per heavy atom. The highest BCUT2D eigenvalue weighted by Crippen LogP contribution is 2.29. The second kappa shape index (κ2) is 6.28. The molecule has 0 saturated heterocycles. The molecule has 0 aliphatic rings. The molecule has 0 spiro atoms. The Hall–Kier alpha value is -3.34. The van der Waals surface area contributed by atoms with Gasteiger partial charge >= 0.3 is 0 Å². The Morgan fingerprint density at radius 1 is 1.08 bits per heavy atom. The minimum Gasteiger partial charge on any atom is -0.467 e. The normalized spacial score (nSPS) is 12.2. The van der Waals surface area contributed by atoms with Crippen LogP contribution >= 0.6 is 0 Å². The van der Waals surface area contributed by atoms with Crippen molar-refractivity contribution >= 4 is 22.7 Å². The Labute approximate surface area is 144 Å². The maximum Gasteiger partial charge on any atom is 0.295 e. The first kappa shape index (κ1) is 15.2. The fraction of sp³-hybridized carbons (Fsp3) is 0.100. The van der Waals surface area contributed by atoms with E-state index in [1.807, 2.05) is 49.4 Å². The zero-order chi connectivity index (χ0) is 17.2. The predicted octanol–water partition coefficient (Wildman–Crippen LogP) is 4.83. The number of amides is 1. The standard InChI is InChI=1S/C20H16N2O3/c1-14(16-9-6-12-24-16)22(19-10-4-5-11-21-19)20(23)18-13-15-7-2-3-8-17(15)25-18/h2-14H,1H3/t14-/m0/s1. The number of para-hydroxylation sites is 1. The summed E-state index contributed by atoms with van der Waals surface area (Å²) in [6, 6.07) is 18.1. The number of hydrogen-bond donors (Lipinski definition) is 0. The maximum atomic E-state index is 13.2. The first-order chi connectivity index (χ1) is 12.2. The van der Waals surface area contributed by atoms with Gasteiger partial charge in [-0.2, -0.15) is 0 Å². The summed E-state index contributed by atoms with van der Waals surface area (Å²) >= 11 is 0. The number of anilines is 1. The van der Waals surface area contributed by atoms with Gasteiger partial charge in [0.2, 0.25) is 0 Å². The second-order valence-corrected chi connectivity index (χ2v) is 5.70. The van der Waals surface area contributed by atoms with Gasteiger partial charge in [0.25, 0.3) is 5.91 Å². The van der Waals surface area contributed by atoms with Gasteiger partial charge in [-0.3, -0.25) is 9.69 Å². The average molecular weight is 332 g/mol. The molecule has 0 N–H and O–H groups in total. The Bertz CT molecular complexity index is 957. The number of furan rings is 2. The molecular weight excluding hydrogens is 316 g/mol. The molecule has 0 aliphatic carbocycles. The van der Waals surface area contributed by atoms with Crippen LogP contribution in [0.2, 0.25) is 0 Å². The molecule has 0 radical (unpaired) electrons. The van der Waals surface area contributed by atoms with Crippen LogP contribution in [0.4, 0.5) is 5.82 Å². The van der Waals surface area contributed by atoms with Gasteiger partial charge in [-0.05, 0) is 43.3 Å². The number of carbonyl (C=O) groups excluding carboxylic acids is 1. The van der Waals surface area contributed by atoms with E-state index in [2.05, 4.69) is 4.98 Å². The third kappa shape index (κ3) is 2.80. The van der Waals surface area contributed by atoms with Crippen LogP contribution in [0, 0.1) is 0 Å². The van der Waals surface area contributed by atoms with E-state index in [1.54, 1.807) is 35.6 Å². The van der Waals surface area contributed by atoms with Gasteiger partial charge in [-0.1, -0.05) is 24.3 Å². The highest BCUT2D eigenvalue weighted by molar-refractivity contribution is 6.06. The fourth-order valence-electron chi connectivity index (χ4n) is 2.84. The lowest BCUT2D eigenvalue weighted by molar-refractivity contribution is 0.0949. The monoisotopic (exact) mass is 332 g/mol. The van der Waals surface area contributed by atoms with E-state index in [4.69, 9.17) is 8.83 Å². The Balaban J connectivity index is 1.78. The molecule has 4 aromatic rings. The molecule has 1 amide bonds. The highest BCUT2D eigenvalue weighted by atomic mass is 16.3. The lowest BCUT2D eigenvalue weighted by atomic mass is 10.2. The van der Waals surface area contributed by atoms with E-state index in [0.29, 0.717) is 17.2 Å². The number of nitrogens with zero attached hydrogens (tertiary/aromatic N) is 2. The van der Waals surface area contributed by atoms with E-state index < -0.39 is 0 Å². The summed E-state index contributed by atoms with van der Waals surface area (Å²) in [5.41, 5.74) is 0.678. The molecule has 5 nitrogen and oxygen atoms in total. The van der Waals surface area contributed by atoms with Gasteiger partial charge < -0.3 is 8.83 Å². The summed E-state index contributed by atoms with van der Waals surface area (Å²) in [7, 11) is 0. The quantitative estimate of drug-likeness (QED) is 0.537. The van der Waals surface area contributed by atoms with Gasteiger partial charge in [-0.15, -0.1) is 0 Å².